The normalized spacial score (nSPS) is 17.4. The highest BCUT2D eigenvalue weighted by Crippen LogP contribution is 2.23. The molecule has 1 amide bonds. The molecule has 1 fully saturated rings. The molecular weight excluding hydrogens is 375 g/mol. The second-order valence-electron chi connectivity index (χ2n) is 7.22. The molecule has 6 nitrogen and oxygen atoms in total. The number of alkyl halides is 3. The third-order valence-electron chi connectivity index (χ3n) is 4.76. The molecule has 0 radical (unpaired) electrons. The molecule has 0 aliphatic carbocycles. The smallest absolute Gasteiger partial charge is 0.406 e. The van der Waals surface area contributed by atoms with Crippen LogP contribution in [0.5, 0.6) is 5.75 Å². The largest absolute Gasteiger partial charge is 0.573 e. The summed E-state index contributed by atoms with van der Waals surface area (Å²) in [5, 5.41) is 10.2. The molecule has 1 aromatic carbocycles. The standard InChI is InChI=1S/C19H28F3N3O3/c1-23-9-11-25(12-10-23)14-16(26)13-24(2)18(27)8-5-15-3-6-17(7-4-15)28-19(20,21)22/h3-4,6-7,16,26H,5,8-14H2,1-2H3/t16-/m1/s1. The molecule has 1 aliphatic rings. The van der Waals surface area contributed by atoms with Crippen molar-refractivity contribution >= 4 is 5.91 Å². The maximum atomic E-state index is 12.3. The van der Waals surface area contributed by atoms with Gasteiger partial charge in [0.25, 0.3) is 0 Å². The predicted octanol–water partition coefficient (Wildman–Crippen LogP) is 1.58. The fraction of sp³-hybridized carbons (Fsp3) is 0.632. The first kappa shape index (κ1) is 22.4. The molecule has 1 N–H and O–H groups in total. The van der Waals surface area contributed by atoms with Crippen molar-refractivity contribution in [3.8, 4) is 5.75 Å². The highest BCUT2D eigenvalue weighted by molar-refractivity contribution is 5.76. The number of aliphatic hydroxyl groups excluding tert-OH is 1. The molecule has 158 valence electrons. The van der Waals surface area contributed by atoms with Crippen LogP contribution in [0.4, 0.5) is 13.2 Å². The van der Waals surface area contributed by atoms with Crippen molar-refractivity contribution in [3.05, 3.63) is 29.8 Å². The topological polar surface area (TPSA) is 56.2 Å². The first-order valence-corrected chi connectivity index (χ1v) is 9.30. The van der Waals surface area contributed by atoms with E-state index in [-0.39, 0.29) is 24.6 Å². The third kappa shape index (κ3) is 8.04. The van der Waals surface area contributed by atoms with Crippen molar-refractivity contribution in [2.45, 2.75) is 25.3 Å². The number of hydrogen-bond acceptors (Lipinski definition) is 5. The Morgan fingerprint density at radius 2 is 1.82 bits per heavy atom. The zero-order chi connectivity index (χ0) is 20.7. The molecule has 1 aliphatic heterocycles. The molecule has 0 bridgehead atoms. The van der Waals surface area contributed by atoms with Gasteiger partial charge in [0.2, 0.25) is 5.91 Å². The number of aliphatic hydroxyl groups is 1. The van der Waals surface area contributed by atoms with Gasteiger partial charge in [-0.25, -0.2) is 0 Å². The lowest BCUT2D eigenvalue weighted by Gasteiger charge is -2.34. The quantitative estimate of drug-likeness (QED) is 0.715. The lowest BCUT2D eigenvalue weighted by molar-refractivity contribution is -0.274. The number of halogens is 3. The van der Waals surface area contributed by atoms with Crippen LogP contribution in [0.15, 0.2) is 24.3 Å². The van der Waals surface area contributed by atoms with Crippen LogP contribution in [0.25, 0.3) is 0 Å². The van der Waals surface area contributed by atoms with Gasteiger partial charge in [0, 0.05) is 52.7 Å². The van der Waals surface area contributed by atoms with Crippen molar-refractivity contribution in [1.29, 1.82) is 0 Å². The van der Waals surface area contributed by atoms with Gasteiger partial charge in [0.15, 0.2) is 0 Å². The van der Waals surface area contributed by atoms with Crippen molar-refractivity contribution in [1.82, 2.24) is 14.7 Å². The summed E-state index contributed by atoms with van der Waals surface area (Å²) in [6.07, 6.45) is -4.71. The van der Waals surface area contributed by atoms with E-state index in [0.717, 1.165) is 31.7 Å². The van der Waals surface area contributed by atoms with Crippen LogP contribution in [-0.2, 0) is 11.2 Å². The summed E-state index contributed by atoms with van der Waals surface area (Å²) >= 11 is 0. The van der Waals surface area contributed by atoms with E-state index in [9.17, 15) is 23.1 Å². The number of rotatable bonds is 8. The number of benzene rings is 1. The lowest BCUT2D eigenvalue weighted by Crippen LogP contribution is -2.49. The number of hydrogen-bond donors (Lipinski definition) is 1. The summed E-state index contributed by atoms with van der Waals surface area (Å²) in [6, 6.07) is 5.49. The Balaban J connectivity index is 1.71. The molecule has 1 aromatic rings. The summed E-state index contributed by atoms with van der Waals surface area (Å²) < 4.78 is 40.3. The minimum absolute atomic E-state index is 0.118. The zero-order valence-corrected chi connectivity index (χ0v) is 16.3. The van der Waals surface area contributed by atoms with E-state index in [1.54, 1.807) is 7.05 Å². The first-order chi connectivity index (χ1) is 13.1. The van der Waals surface area contributed by atoms with Crippen molar-refractivity contribution in [3.63, 3.8) is 0 Å². The molecular formula is C19H28F3N3O3. The van der Waals surface area contributed by atoms with Gasteiger partial charge >= 0.3 is 6.36 Å². The average molecular weight is 403 g/mol. The third-order valence-corrected chi connectivity index (χ3v) is 4.76. The van der Waals surface area contributed by atoms with Crippen molar-refractivity contribution in [2.75, 3.05) is 53.4 Å². The minimum Gasteiger partial charge on any atom is -0.406 e. The van der Waals surface area contributed by atoms with Crippen molar-refractivity contribution in [2.24, 2.45) is 0 Å². The molecule has 1 saturated heterocycles. The number of piperazine rings is 1. The fourth-order valence-electron chi connectivity index (χ4n) is 3.10. The van der Waals surface area contributed by atoms with E-state index in [1.165, 1.54) is 29.2 Å². The Hall–Kier alpha value is -1.84. The summed E-state index contributed by atoms with van der Waals surface area (Å²) in [5.74, 6) is -0.403. The minimum atomic E-state index is -4.72. The second-order valence-corrected chi connectivity index (χ2v) is 7.22. The van der Waals surface area contributed by atoms with Gasteiger partial charge in [-0.2, -0.15) is 0 Å². The molecule has 0 spiro atoms. The van der Waals surface area contributed by atoms with Gasteiger partial charge in [-0.15, -0.1) is 13.2 Å². The van der Waals surface area contributed by atoms with Gasteiger partial charge in [0.05, 0.1) is 6.10 Å². The van der Waals surface area contributed by atoms with Crippen LogP contribution in [0.2, 0.25) is 0 Å². The number of likely N-dealkylation sites (N-methyl/N-ethyl adjacent to an activating group) is 2. The Bertz CT molecular complexity index is 617. The molecule has 2 rings (SSSR count). The fourth-order valence-corrected chi connectivity index (χ4v) is 3.10. The molecule has 9 heteroatoms. The molecule has 1 heterocycles. The number of carbonyl (C=O) groups excluding carboxylic acids is 1. The molecule has 1 atom stereocenters. The number of ether oxygens (including phenoxy) is 1. The number of carbonyl (C=O) groups is 1. The van der Waals surface area contributed by atoms with Crippen LogP contribution in [0.3, 0.4) is 0 Å². The van der Waals surface area contributed by atoms with Gasteiger partial charge in [-0.05, 0) is 31.2 Å². The van der Waals surface area contributed by atoms with Gasteiger partial charge in [-0.1, -0.05) is 12.1 Å². The zero-order valence-electron chi connectivity index (χ0n) is 16.3. The molecule has 0 unspecified atom stereocenters. The maximum absolute atomic E-state index is 12.3. The Labute approximate surface area is 163 Å². The summed E-state index contributed by atoms with van der Waals surface area (Å²) in [4.78, 5) is 18.2. The second kappa shape index (κ2) is 10.1. The van der Waals surface area contributed by atoms with E-state index in [4.69, 9.17) is 0 Å². The predicted molar refractivity (Wildman–Crippen MR) is 99.0 cm³/mol. The van der Waals surface area contributed by atoms with E-state index in [1.807, 2.05) is 0 Å². The first-order valence-electron chi connectivity index (χ1n) is 9.30. The Morgan fingerprint density at radius 3 is 2.39 bits per heavy atom. The Morgan fingerprint density at radius 1 is 1.21 bits per heavy atom. The summed E-state index contributed by atoms with van der Waals surface area (Å²) in [7, 11) is 3.72. The van der Waals surface area contributed by atoms with Gasteiger partial charge in [0.1, 0.15) is 5.75 Å². The Kier molecular flexibility index (Phi) is 8.09. The highest BCUT2D eigenvalue weighted by Gasteiger charge is 2.31. The molecule has 0 saturated carbocycles. The SMILES string of the molecule is CN1CCN(C[C@H](O)CN(C)C(=O)CCc2ccc(OC(F)(F)F)cc2)CC1. The average Bonchev–Trinajstić information content (AvgIpc) is 2.61. The number of β-amino-alcohol motifs (C(OH)–C–C–N with tert-alkyl or cyclic N) is 1. The van der Waals surface area contributed by atoms with E-state index >= 15 is 0 Å². The molecule has 0 aromatic heterocycles. The van der Waals surface area contributed by atoms with Crippen LogP contribution >= 0.6 is 0 Å². The van der Waals surface area contributed by atoms with Crippen molar-refractivity contribution < 1.29 is 27.8 Å². The van der Waals surface area contributed by atoms with Crippen LogP contribution in [0.1, 0.15) is 12.0 Å². The van der Waals surface area contributed by atoms with Gasteiger partial charge < -0.3 is 19.6 Å². The van der Waals surface area contributed by atoms with E-state index in [2.05, 4.69) is 21.6 Å². The number of aryl methyl sites for hydroxylation is 1. The van der Waals surface area contributed by atoms with E-state index in [0.29, 0.717) is 13.0 Å². The highest BCUT2D eigenvalue weighted by atomic mass is 19.4. The van der Waals surface area contributed by atoms with Crippen LogP contribution in [-0.4, -0.2) is 91.5 Å². The summed E-state index contributed by atoms with van der Waals surface area (Å²) in [6.45, 7) is 4.52. The summed E-state index contributed by atoms with van der Waals surface area (Å²) in [5.41, 5.74) is 0.745. The molecule has 28 heavy (non-hydrogen) atoms. The van der Waals surface area contributed by atoms with Crippen LogP contribution < -0.4 is 4.74 Å². The number of nitrogens with zero attached hydrogens (tertiary/aromatic N) is 3. The van der Waals surface area contributed by atoms with Crippen LogP contribution in [0, 0.1) is 0 Å². The monoisotopic (exact) mass is 403 g/mol. The maximum Gasteiger partial charge on any atom is 0.573 e. The lowest BCUT2D eigenvalue weighted by atomic mass is 10.1. The number of amides is 1. The van der Waals surface area contributed by atoms with E-state index < -0.39 is 12.5 Å². The van der Waals surface area contributed by atoms with Gasteiger partial charge in [-0.3, -0.25) is 9.69 Å².